The molecule has 0 saturated carbocycles. The van der Waals surface area contributed by atoms with E-state index in [0.29, 0.717) is 22.1 Å². The van der Waals surface area contributed by atoms with Gasteiger partial charge in [-0.25, -0.2) is 9.97 Å². The van der Waals surface area contributed by atoms with Gasteiger partial charge in [-0.05, 0) is 37.7 Å². The van der Waals surface area contributed by atoms with Gasteiger partial charge in [0.2, 0.25) is 16.3 Å². The molecule has 32 heavy (non-hydrogen) atoms. The zero-order valence-corrected chi connectivity index (χ0v) is 19.0. The summed E-state index contributed by atoms with van der Waals surface area (Å²) >= 11 is 1.29. The van der Waals surface area contributed by atoms with Gasteiger partial charge in [0.05, 0.1) is 18.7 Å². The van der Waals surface area contributed by atoms with Gasteiger partial charge in [0.1, 0.15) is 11.3 Å². The van der Waals surface area contributed by atoms with E-state index in [-0.39, 0.29) is 0 Å². The third-order valence-corrected chi connectivity index (χ3v) is 6.15. The summed E-state index contributed by atoms with van der Waals surface area (Å²) in [6, 6.07) is 8.09. The first-order valence-electron chi connectivity index (χ1n) is 10.7. The number of ether oxygens (including phenoxy) is 1. The van der Waals surface area contributed by atoms with Gasteiger partial charge in [-0.1, -0.05) is 18.2 Å². The molecule has 1 fully saturated rings. The van der Waals surface area contributed by atoms with Gasteiger partial charge in [-0.15, -0.1) is 10.2 Å². The van der Waals surface area contributed by atoms with Crippen molar-refractivity contribution in [2.24, 2.45) is 7.05 Å². The molecule has 1 saturated heterocycles. The molecule has 1 aliphatic heterocycles. The van der Waals surface area contributed by atoms with Crippen LogP contribution < -0.4 is 5.32 Å². The first-order valence-corrected chi connectivity index (χ1v) is 11.5. The Morgan fingerprint density at radius 1 is 1.03 bits per heavy atom. The maximum absolute atomic E-state index is 5.39. The second kappa shape index (κ2) is 9.31. The van der Waals surface area contributed by atoms with Crippen molar-refractivity contribution >= 4 is 39.8 Å². The van der Waals surface area contributed by atoms with Crippen LogP contribution in [0.4, 0.5) is 5.95 Å². The lowest BCUT2D eigenvalue weighted by molar-refractivity contribution is 0.0378. The van der Waals surface area contributed by atoms with Crippen molar-refractivity contribution in [1.29, 1.82) is 0 Å². The largest absolute Gasteiger partial charge is 0.379 e. The van der Waals surface area contributed by atoms with E-state index in [4.69, 9.17) is 9.72 Å². The Hall–Kier alpha value is -2.89. The molecular formula is C21H25N9OS. The molecule has 0 aliphatic carbocycles. The molecule has 1 N–H and O–H groups in total. The van der Waals surface area contributed by atoms with Crippen molar-refractivity contribution in [2.75, 3.05) is 44.7 Å². The van der Waals surface area contributed by atoms with E-state index in [0.717, 1.165) is 67.9 Å². The molecule has 0 spiro atoms. The summed E-state index contributed by atoms with van der Waals surface area (Å²) in [4.78, 5) is 20.5. The minimum absolute atomic E-state index is 0.507. The molecule has 0 amide bonds. The number of morpholine rings is 1. The third kappa shape index (κ3) is 4.50. The van der Waals surface area contributed by atoms with Crippen LogP contribution in [0.1, 0.15) is 12.2 Å². The standard InChI is InChI=1S/C21H25N9OS/c1-14-23-19(22-8-5-9-30-10-12-31-13-11-30)26-20(24-14)32-21-25-18-17(27-28-21)15-6-3-4-7-16(15)29(18)2/h3-4,6-7H,5,8-13H2,1-2H3,(H,22,23,24,26). The molecule has 0 unspecified atom stereocenters. The van der Waals surface area contributed by atoms with E-state index in [1.165, 1.54) is 11.8 Å². The highest BCUT2D eigenvalue weighted by atomic mass is 32.2. The van der Waals surface area contributed by atoms with Crippen LogP contribution in [-0.4, -0.2) is 79.0 Å². The monoisotopic (exact) mass is 451 g/mol. The number of nitrogens with one attached hydrogen (secondary N) is 1. The van der Waals surface area contributed by atoms with E-state index in [1.807, 2.05) is 36.7 Å². The van der Waals surface area contributed by atoms with Gasteiger partial charge in [-0.2, -0.15) is 9.97 Å². The van der Waals surface area contributed by atoms with Crippen LogP contribution in [0, 0.1) is 6.92 Å². The lowest BCUT2D eigenvalue weighted by Gasteiger charge is -2.26. The molecule has 0 atom stereocenters. The number of hydrogen-bond donors (Lipinski definition) is 1. The van der Waals surface area contributed by atoms with Gasteiger partial charge in [0, 0.05) is 32.1 Å². The third-order valence-electron chi connectivity index (χ3n) is 5.43. The topological polar surface area (TPSA) is 107 Å². The summed E-state index contributed by atoms with van der Waals surface area (Å²) < 4.78 is 7.42. The van der Waals surface area contributed by atoms with Gasteiger partial charge in [0.15, 0.2) is 5.65 Å². The molecule has 4 aromatic rings. The summed E-state index contributed by atoms with van der Waals surface area (Å²) in [6.07, 6.45) is 1.01. The Morgan fingerprint density at radius 3 is 2.75 bits per heavy atom. The van der Waals surface area contributed by atoms with Gasteiger partial charge < -0.3 is 14.6 Å². The average Bonchev–Trinajstić information content (AvgIpc) is 3.09. The second-order valence-corrected chi connectivity index (χ2v) is 8.60. The molecule has 3 aromatic heterocycles. The molecule has 0 bridgehead atoms. The molecule has 1 aliphatic rings. The lowest BCUT2D eigenvalue weighted by atomic mass is 10.2. The number of benzene rings is 1. The van der Waals surface area contributed by atoms with Gasteiger partial charge >= 0.3 is 0 Å². The van der Waals surface area contributed by atoms with Crippen molar-refractivity contribution in [3.8, 4) is 0 Å². The first-order chi connectivity index (χ1) is 15.7. The van der Waals surface area contributed by atoms with Gasteiger partial charge in [0.25, 0.3) is 0 Å². The highest BCUT2D eigenvalue weighted by Crippen LogP contribution is 2.27. The number of para-hydroxylation sites is 1. The Morgan fingerprint density at radius 2 is 1.88 bits per heavy atom. The number of hydrogen-bond acceptors (Lipinski definition) is 10. The van der Waals surface area contributed by atoms with E-state index in [9.17, 15) is 0 Å². The molecular weight excluding hydrogens is 426 g/mol. The molecule has 166 valence electrons. The number of fused-ring (bicyclic) bond motifs is 3. The number of nitrogens with zero attached hydrogens (tertiary/aromatic N) is 8. The maximum Gasteiger partial charge on any atom is 0.226 e. The lowest BCUT2D eigenvalue weighted by Crippen LogP contribution is -2.37. The Labute approximate surface area is 189 Å². The maximum atomic E-state index is 5.39. The normalized spacial score (nSPS) is 14.9. The Bertz CT molecular complexity index is 1240. The first kappa shape index (κ1) is 21.0. The van der Waals surface area contributed by atoms with Crippen molar-refractivity contribution in [3.63, 3.8) is 0 Å². The molecule has 4 heterocycles. The quantitative estimate of drug-likeness (QED) is 0.421. The van der Waals surface area contributed by atoms with Crippen LogP contribution in [0.25, 0.3) is 22.1 Å². The van der Waals surface area contributed by atoms with Gasteiger partial charge in [-0.3, -0.25) is 4.90 Å². The fraction of sp³-hybridized carbons (Fsp3) is 0.429. The van der Waals surface area contributed by atoms with E-state index >= 15 is 0 Å². The van der Waals surface area contributed by atoms with Crippen LogP contribution in [0.2, 0.25) is 0 Å². The van der Waals surface area contributed by atoms with Crippen LogP contribution in [-0.2, 0) is 11.8 Å². The van der Waals surface area contributed by atoms with Crippen molar-refractivity contribution < 1.29 is 4.74 Å². The summed E-state index contributed by atoms with van der Waals surface area (Å²) in [6.45, 7) is 7.33. The smallest absolute Gasteiger partial charge is 0.226 e. The van der Waals surface area contributed by atoms with Crippen LogP contribution in [0.3, 0.4) is 0 Å². The summed E-state index contributed by atoms with van der Waals surface area (Å²) in [7, 11) is 1.99. The SMILES string of the molecule is Cc1nc(NCCCN2CCOCC2)nc(Sc2nnc3c4ccccc4n(C)c3n2)n1. The zero-order chi connectivity index (χ0) is 21.9. The average molecular weight is 452 g/mol. The number of anilines is 1. The number of aryl methyl sites for hydroxylation is 2. The van der Waals surface area contributed by atoms with Crippen molar-refractivity contribution in [1.82, 2.24) is 39.6 Å². The minimum Gasteiger partial charge on any atom is -0.379 e. The summed E-state index contributed by atoms with van der Waals surface area (Å²) in [5.74, 6) is 1.22. The molecule has 5 rings (SSSR count). The molecule has 10 nitrogen and oxygen atoms in total. The van der Waals surface area contributed by atoms with Crippen LogP contribution in [0.5, 0.6) is 0 Å². The number of aromatic nitrogens is 7. The second-order valence-electron chi connectivity index (χ2n) is 7.67. The zero-order valence-electron chi connectivity index (χ0n) is 18.2. The van der Waals surface area contributed by atoms with E-state index in [1.54, 1.807) is 0 Å². The number of rotatable bonds is 7. The van der Waals surface area contributed by atoms with E-state index < -0.39 is 0 Å². The van der Waals surface area contributed by atoms with Crippen molar-refractivity contribution in [2.45, 2.75) is 23.7 Å². The summed E-state index contributed by atoms with van der Waals surface area (Å²) in [5, 5.41) is 14.1. The predicted molar refractivity (Wildman–Crippen MR) is 123 cm³/mol. The molecule has 0 radical (unpaired) electrons. The highest BCUT2D eigenvalue weighted by Gasteiger charge is 2.15. The Kier molecular flexibility index (Phi) is 6.10. The van der Waals surface area contributed by atoms with Crippen molar-refractivity contribution in [3.05, 3.63) is 30.1 Å². The van der Waals surface area contributed by atoms with Crippen LogP contribution in [0.15, 0.2) is 34.6 Å². The minimum atomic E-state index is 0.507. The Balaban J connectivity index is 1.27. The fourth-order valence-electron chi connectivity index (χ4n) is 3.83. The fourth-order valence-corrected chi connectivity index (χ4v) is 4.51. The summed E-state index contributed by atoms with van der Waals surface area (Å²) in [5.41, 5.74) is 2.66. The van der Waals surface area contributed by atoms with Crippen LogP contribution >= 0.6 is 11.8 Å². The van der Waals surface area contributed by atoms with E-state index in [2.05, 4.69) is 41.4 Å². The molecule has 1 aromatic carbocycles. The predicted octanol–water partition coefficient (Wildman–Crippen LogP) is 2.30. The highest BCUT2D eigenvalue weighted by molar-refractivity contribution is 7.99. The molecule has 11 heteroatoms.